The number of hydrogen-bond donors (Lipinski definition) is 1. The first-order valence-corrected chi connectivity index (χ1v) is 11.7. The molecule has 1 fully saturated rings. The Hall–Kier alpha value is -1.18. The van der Waals surface area contributed by atoms with Crippen LogP contribution in [0.5, 0.6) is 5.75 Å². The summed E-state index contributed by atoms with van der Waals surface area (Å²) in [6.07, 6.45) is 3.24. The minimum atomic E-state index is -3.46. The number of nitrogens with one attached hydrogen (secondary N) is 1. The summed E-state index contributed by atoms with van der Waals surface area (Å²) in [5.74, 6) is 0.291. The van der Waals surface area contributed by atoms with E-state index in [4.69, 9.17) is 9.47 Å². The number of sulfonamides is 1. The van der Waals surface area contributed by atoms with E-state index in [0.717, 1.165) is 12.8 Å². The predicted molar refractivity (Wildman–Crippen MR) is 109 cm³/mol. The number of ether oxygens (including phenoxy) is 2. The summed E-state index contributed by atoms with van der Waals surface area (Å²) < 4.78 is 52.7. The molecule has 0 radical (unpaired) electrons. The second kappa shape index (κ2) is 10.0. The third-order valence-corrected chi connectivity index (χ3v) is 5.97. The van der Waals surface area contributed by atoms with Crippen LogP contribution in [0.15, 0.2) is 18.2 Å². The van der Waals surface area contributed by atoms with Crippen molar-refractivity contribution in [2.45, 2.75) is 59.4 Å². The summed E-state index contributed by atoms with van der Waals surface area (Å²) >= 11 is 0. The van der Waals surface area contributed by atoms with E-state index in [1.54, 1.807) is 12.1 Å². The topological polar surface area (TPSA) is 64.6 Å². The summed E-state index contributed by atoms with van der Waals surface area (Å²) in [6.45, 7) is 9.63. The molecular formula is C21H34FNO4S. The van der Waals surface area contributed by atoms with Gasteiger partial charge < -0.3 is 9.47 Å². The van der Waals surface area contributed by atoms with Crippen molar-refractivity contribution in [1.82, 2.24) is 4.72 Å². The van der Waals surface area contributed by atoms with E-state index in [2.05, 4.69) is 25.5 Å². The normalized spacial score (nSPS) is 16.2. The van der Waals surface area contributed by atoms with Crippen LogP contribution < -0.4 is 9.46 Å². The summed E-state index contributed by atoms with van der Waals surface area (Å²) in [4.78, 5) is 0. The molecule has 1 aliphatic rings. The number of benzene rings is 1. The Balaban J connectivity index is 1.89. The van der Waals surface area contributed by atoms with E-state index < -0.39 is 21.9 Å². The number of hydrogen-bond acceptors (Lipinski definition) is 4. The molecule has 7 heteroatoms. The van der Waals surface area contributed by atoms with Crippen molar-refractivity contribution >= 4 is 10.0 Å². The lowest BCUT2D eigenvalue weighted by molar-refractivity contribution is 0.0720. The van der Waals surface area contributed by atoms with Crippen LogP contribution in [0.4, 0.5) is 4.39 Å². The van der Waals surface area contributed by atoms with Gasteiger partial charge in [-0.1, -0.05) is 33.8 Å². The zero-order valence-corrected chi connectivity index (χ0v) is 18.3. The van der Waals surface area contributed by atoms with Crippen LogP contribution in [0.1, 0.15) is 65.0 Å². The van der Waals surface area contributed by atoms with Crippen LogP contribution in [0.2, 0.25) is 0 Å². The van der Waals surface area contributed by atoms with E-state index >= 15 is 0 Å². The molecule has 28 heavy (non-hydrogen) atoms. The summed E-state index contributed by atoms with van der Waals surface area (Å²) in [6, 6.07) is 4.15. The van der Waals surface area contributed by atoms with E-state index in [1.165, 1.54) is 6.07 Å². The molecule has 0 amide bonds. The fourth-order valence-electron chi connectivity index (χ4n) is 2.73. The van der Waals surface area contributed by atoms with Gasteiger partial charge in [-0.3, -0.25) is 0 Å². The largest absolute Gasteiger partial charge is 0.490 e. The lowest BCUT2D eigenvalue weighted by Gasteiger charge is -2.20. The van der Waals surface area contributed by atoms with Crippen molar-refractivity contribution in [2.24, 2.45) is 11.3 Å². The van der Waals surface area contributed by atoms with E-state index in [-0.39, 0.29) is 16.9 Å². The Morgan fingerprint density at radius 1 is 1.29 bits per heavy atom. The van der Waals surface area contributed by atoms with Crippen LogP contribution in [0.25, 0.3) is 0 Å². The molecule has 5 nitrogen and oxygen atoms in total. The van der Waals surface area contributed by atoms with Crippen molar-refractivity contribution in [3.05, 3.63) is 29.6 Å². The zero-order chi connectivity index (χ0) is 20.8. The van der Waals surface area contributed by atoms with Gasteiger partial charge in [0.05, 0.1) is 19.0 Å². The van der Waals surface area contributed by atoms with Gasteiger partial charge >= 0.3 is 0 Å². The molecule has 1 unspecified atom stereocenters. The first-order valence-electron chi connectivity index (χ1n) is 10.1. The van der Waals surface area contributed by atoms with Crippen molar-refractivity contribution in [2.75, 3.05) is 25.6 Å². The zero-order valence-electron chi connectivity index (χ0n) is 17.5. The second-order valence-corrected chi connectivity index (χ2v) is 10.7. The highest BCUT2D eigenvalue weighted by Crippen LogP contribution is 2.31. The smallest absolute Gasteiger partial charge is 0.212 e. The van der Waals surface area contributed by atoms with Crippen LogP contribution in [-0.2, 0) is 14.8 Å². The fraction of sp³-hybridized carbons (Fsp3) is 0.714. The Morgan fingerprint density at radius 2 is 2.00 bits per heavy atom. The van der Waals surface area contributed by atoms with E-state index in [9.17, 15) is 12.8 Å². The number of halogens is 1. The molecule has 0 aliphatic heterocycles. The van der Waals surface area contributed by atoms with Gasteiger partial charge in [0.1, 0.15) is 0 Å². The Morgan fingerprint density at radius 3 is 2.61 bits per heavy atom. The molecule has 1 saturated carbocycles. The quantitative estimate of drug-likeness (QED) is 0.513. The molecular weight excluding hydrogens is 381 g/mol. The molecule has 2 rings (SSSR count). The molecule has 0 saturated heterocycles. The highest BCUT2D eigenvalue weighted by Gasteiger charge is 2.23. The van der Waals surface area contributed by atoms with Gasteiger partial charge in [-0.2, -0.15) is 0 Å². The van der Waals surface area contributed by atoms with E-state index in [0.29, 0.717) is 44.1 Å². The standard InChI is InChI=1S/C21H34FNO4S/c1-5-19(23-28(24,25)12-6-11-26-15-21(2,3)4)17-9-10-18(22)20(13-17)27-14-16-7-8-16/h9-10,13,16,19,23H,5-8,11-12,14-15H2,1-4H3. The Kier molecular flexibility index (Phi) is 8.28. The maximum atomic E-state index is 14.0. The maximum absolute atomic E-state index is 14.0. The average Bonchev–Trinajstić information content (AvgIpc) is 3.42. The maximum Gasteiger partial charge on any atom is 0.212 e. The molecule has 0 heterocycles. The lowest BCUT2D eigenvalue weighted by Crippen LogP contribution is -2.31. The van der Waals surface area contributed by atoms with Gasteiger partial charge in [0.25, 0.3) is 0 Å². The lowest BCUT2D eigenvalue weighted by atomic mass is 9.99. The van der Waals surface area contributed by atoms with Gasteiger partial charge in [0.2, 0.25) is 10.0 Å². The van der Waals surface area contributed by atoms with Crippen LogP contribution >= 0.6 is 0 Å². The minimum Gasteiger partial charge on any atom is -0.490 e. The van der Waals surface area contributed by atoms with Gasteiger partial charge in [0, 0.05) is 12.6 Å². The molecule has 1 atom stereocenters. The molecule has 0 spiro atoms. The molecule has 1 aromatic rings. The molecule has 0 bridgehead atoms. The molecule has 1 aliphatic carbocycles. The van der Waals surface area contributed by atoms with Crippen LogP contribution in [-0.4, -0.2) is 34.0 Å². The highest BCUT2D eigenvalue weighted by molar-refractivity contribution is 7.89. The SMILES string of the molecule is CCC(NS(=O)(=O)CCCOCC(C)(C)C)c1ccc(F)c(OCC2CC2)c1. The minimum absolute atomic E-state index is 0.000124. The molecule has 1 aromatic carbocycles. The summed E-state index contributed by atoms with van der Waals surface area (Å²) in [5, 5.41) is 0. The predicted octanol–water partition coefficient (Wildman–Crippen LogP) is 4.44. The van der Waals surface area contributed by atoms with Crippen molar-refractivity contribution in [1.29, 1.82) is 0 Å². The fourth-order valence-corrected chi connectivity index (χ4v) is 4.08. The second-order valence-electron chi connectivity index (χ2n) is 8.81. The van der Waals surface area contributed by atoms with Gasteiger partial charge in [-0.15, -0.1) is 0 Å². The van der Waals surface area contributed by atoms with Crippen molar-refractivity contribution < 1.29 is 22.3 Å². The summed E-state index contributed by atoms with van der Waals surface area (Å²) in [5.41, 5.74) is 0.772. The average molecular weight is 416 g/mol. The first-order chi connectivity index (χ1) is 13.1. The van der Waals surface area contributed by atoms with Crippen LogP contribution in [0.3, 0.4) is 0 Å². The van der Waals surface area contributed by atoms with Gasteiger partial charge in [-0.05, 0) is 54.7 Å². The van der Waals surface area contributed by atoms with Gasteiger partial charge in [0.15, 0.2) is 11.6 Å². The Labute approximate surface area is 169 Å². The van der Waals surface area contributed by atoms with Crippen molar-refractivity contribution in [3.63, 3.8) is 0 Å². The third-order valence-electron chi connectivity index (χ3n) is 4.50. The highest BCUT2D eigenvalue weighted by atomic mass is 32.2. The monoisotopic (exact) mass is 415 g/mol. The van der Waals surface area contributed by atoms with Crippen molar-refractivity contribution in [3.8, 4) is 5.75 Å². The number of rotatable bonds is 12. The first kappa shape index (κ1) is 23.1. The Bertz CT molecular complexity index is 726. The third kappa shape index (κ3) is 8.45. The van der Waals surface area contributed by atoms with E-state index in [1.807, 2.05) is 6.92 Å². The van der Waals surface area contributed by atoms with Gasteiger partial charge in [-0.25, -0.2) is 17.5 Å². The summed E-state index contributed by atoms with van der Waals surface area (Å²) in [7, 11) is -3.46. The molecule has 1 N–H and O–H groups in total. The molecule has 0 aromatic heterocycles. The van der Waals surface area contributed by atoms with Crippen LogP contribution in [0, 0.1) is 17.2 Å². The molecule has 160 valence electrons.